The van der Waals surface area contributed by atoms with E-state index in [1.165, 1.54) is 17.3 Å². The fourth-order valence-electron chi connectivity index (χ4n) is 3.55. The lowest BCUT2D eigenvalue weighted by molar-refractivity contribution is -0.116. The van der Waals surface area contributed by atoms with Gasteiger partial charge in [-0.3, -0.25) is 4.79 Å². The summed E-state index contributed by atoms with van der Waals surface area (Å²) in [5.74, 6) is 1.06. The van der Waals surface area contributed by atoms with E-state index in [1.54, 1.807) is 0 Å². The van der Waals surface area contributed by atoms with E-state index in [9.17, 15) is 4.79 Å². The van der Waals surface area contributed by atoms with Crippen LogP contribution < -0.4 is 5.32 Å². The van der Waals surface area contributed by atoms with Crippen molar-refractivity contribution in [2.75, 3.05) is 5.75 Å². The summed E-state index contributed by atoms with van der Waals surface area (Å²) in [4.78, 5) is 19.6. The van der Waals surface area contributed by atoms with Crippen LogP contribution in [0.25, 0.3) is 27.8 Å². The van der Waals surface area contributed by atoms with Gasteiger partial charge in [0.25, 0.3) is 0 Å². The summed E-state index contributed by atoms with van der Waals surface area (Å²) >= 11 is 1.41. The lowest BCUT2D eigenvalue weighted by Crippen LogP contribution is -2.20. The van der Waals surface area contributed by atoms with Crippen LogP contribution >= 0.6 is 11.8 Å². The number of hydrogen-bond acceptors (Lipinski definition) is 4. The second-order valence-corrected chi connectivity index (χ2v) is 7.75. The van der Waals surface area contributed by atoms with Crippen LogP contribution in [-0.2, 0) is 11.2 Å². The molecule has 0 bridgehead atoms. The number of amides is 1. The van der Waals surface area contributed by atoms with E-state index < -0.39 is 0 Å². The zero-order chi connectivity index (χ0) is 19.8. The summed E-state index contributed by atoms with van der Waals surface area (Å²) in [5, 5.41) is 9.44. The average molecular weight is 401 g/mol. The van der Waals surface area contributed by atoms with Crippen LogP contribution in [0.5, 0.6) is 0 Å². The molecule has 1 saturated heterocycles. The van der Waals surface area contributed by atoms with E-state index in [0.717, 1.165) is 34.3 Å². The number of thioether (sulfide) groups is 1. The van der Waals surface area contributed by atoms with Gasteiger partial charge in [0.2, 0.25) is 5.91 Å². The summed E-state index contributed by atoms with van der Waals surface area (Å²) in [6.45, 7) is 2.13. The van der Waals surface area contributed by atoms with Crippen molar-refractivity contribution in [2.24, 2.45) is 4.99 Å². The number of aromatic nitrogens is 3. The third-order valence-electron chi connectivity index (χ3n) is 4.96. The monoisotopic (exact) mass is 401 g/mol. The smallest absolute Gasteiger partial charge is 0.236 e. The predicted molar refractivity (Wildman–Crippen MR) is 118 cm³/mol. The second kappa shape index (κ2) is 7.25. The first-order valence-electron chi connectivity index (χ1n) is 9.49. The van der Waals surface area contributed by atoms with Gasteiger partial charge in [-0.2, -0.15) is 5.10 Å². The van der Waals surface area contributed by atoms with Gasteiger partial charge < -0.3 is 10.3 Å². The van der Waals surface area contributed by atoms with E-state index in [2.05, 4.69) is 35.4 Å². The van der Waals surface area contributed by atoms with Crippen LogP contribution in [0.4, 0.5) is 5.82 Å². The molecule has 1 amide bonds. The van der Waals surface area contributed by atoms with Gasteiger partial charge in [-0.25, -0.2) is 9.67 Å². The zero-order valence-electron chi connectivity index (χ0n) is 15.8. The molecule has 2 aromatic heterocycles. The Hall–Kier alpha value is -3.32. The largest absolute Gasteiger partial charge is 0.360 e. The Balaban J connectivity index is 1.69. The molecule has 0 unspecified atom stereocenters. The highest BCUT2D eigenvalue weighted by Gasteiger charge is 2.20. The Bertz CT molecular complexity index is 1250. The molecule has 144 valence electrons. The number of aromatic amines is 1. The number of H-pyrrole nitrogens is 1. The van der Waals surface area contributed by atoms with Crippen LogP contribution in [-0.4, -0.2) is 31.6 Å². The number of nitrogens with zero attached hydrogens (tertiary/aromatic N) is 3. The molecule has 0 atom stereocenters. The topological polar surface area (TPSA) is 75.1 Å². The highest BCUT2D eigenvalue weighted by atomic mass is 32.2. The van der Waals surface area contributed by atoms with Crippen molar-refractivity contribution in [1.82, 2.24) is 20.1 Å². The van der Waals surface area contributed by atoms with Crippen LogP contribution in [0, 0.1) is 0 Å². The first kappa shape index (κ1) is 17.8. The Kier molecular flexibility index (Phi) is 4.44. The molecule has 4 aromatic rings. The number of benzene rings is 2. The number of carbonyl (C=O) groups excluding carboxylic acids is 1. The number of carbonyl (C=O) groups is 1. The Morgan fingerprint density at radius 2 is 2.00 bits per heavy atom. The fraction of sp³-hybridized carbons (Fsp3) is 0.136. The van der Waals surface area contributed by atoms with E-state index in [4.69, 9.17) is 10.1 Å². The molecule has 2 N–H and O–H groups in total. The average Bonchev–Trinajstić information content (AvgIpc) is 3.46. The molecule has 2 aromatic carbocycles. The quantitative estimate of drug-likeness (QED) is 0.531. The number of amidine groups is 1. The van der Waals surface area contributed by atoms with Gasteiger partial charge in [0, 0.05) is 28.7 Å². The van der Waals surface area contributed by atoms with Gasteiger partial charge in [-0.1, -0.05) is 55.1 Å². The highest BCUT2D eigenvalue weighted by Crippen LogP contribution is 2.33. The van der Waals surface area contributed by atoms with E-state index in [0.29, 0.717) is 16.7 Å². The maximum Gasteiger partial charge on any atom is 0.236 e. The van der Waals surface area contributed by atoms with Gasteiger partial charge in [0.15, 0.2) is 11.0 Å². The minimum Gasteiger partial charge on any atom is -0.360 e. The minimum absolute atomic E-state index is 0.0226. The lowest BCUT2D eigenvalue weighted by Gasteiger charge is -2.09. The van der Waals surface area contributed by atoms with Crippen LogP contribution in [0.1, 0.15) is 12.5 Å². The molecule has 7 heteroatoms. The molecule has 0 spiro atoms. The third kappa shape index (κ3) is 3.23. The minimum atomic E-state index is -0.0226. The number of nitrogens with one attached hydrogen (secondary N) is 2. The molecule has 5 rings (SSSR count). The summed E-state index contributed by atoms with van der Waals surface area (Å²) in [6.07, 6.45) is 2.87. The van der Waals surface area contributed by atoms with Crippen molar-refractivity contribution in [3.63, 3.8) is 0 Å². The normalized spacial score (nSPS) is 15.3. The summed E-state index contributed by atoms with van der Waals surface area (Å²) in [7, 11) is 0. The first-order chi connectivity index (χ1) is 14.2. The molecule has 6 nitrogen and oxygen atoms in total. The third-order valence-corrected chi connectivity index (χ3v) is 5.83. The van der Waals surface area contributed by atoms with Gasteiger partial charge in [0.1, 0.15) is 0 Å². The molecular weight excluding hydrogens is 382 g/mol. The zero-order valence-corrected chi connectivity index (χ0v) is 16.7. The van der Waals surface area contributed by atoms with Crippen molar-refractivity contribution in [2.45, 2.75) is 13.3 Å². The number of fused-ring (bicyclic) bond motifs is 1. The van der Waals surface area contributed by atoms with E-state index in [-0.39, 0.29) is 5.91 Å². The molecule has 1 fully saturated rings. The van der Waals surface area contributed by atoms with E-state index >= 15 is 0 Å². The van der Waals surface area contributed by atoms with Gasteiger partial charge in [-0.05, 0) is 24.1 Å². The molecule has 0 radical (unpaired) electrons. The van der Waals surface area contributed by atoms with E-state index in [1.807, 2.05) is 47.3 Å². The maximum atomic E-state index is 11.6. The molecule has 0 aliphatic carbocycles. The number of para-hydroxylation sites is 2. The first-order valence-corrected chi connectivity index (χ1v) is 10.5. The molecule has 3 heterocycles. The van der Waals surface area contributed by atoms with Gasteiger partial charge in [-0.15, -0.1) is 0 Å². The standard InChI is InChI=1S/C22H19N5OS/c1-2-14-7-3-6-10-19(14)27-20(24-22-25-21(28)13-29-22)11-18(26-27)16-12-23-17-9-5-4-8-15(16)17/h3-12,23H,2,13H2,1H3,(H,24,25,28). The van der Waals surface area contributed by atoms with Crippen molar-refractivity contribution >= 4 is 39.6 Å². The summed E-state index contributed by atoms with van der Waals surface area (Å²) in [5.41, 5.74) is 5.11. The maximum absolute atomic E-state index is 11.6. The number of rotatable bonds is 4. The summed E-state index contributed by atoms with van der Waals surface area (Å²) < 4.78 is 1.87. The van der Waals surface area contributed by atoms with Crippen molar-refractivity contribution < 1.29 is 4.79 Å². The number of hydrogen-bond donors (Lipinski definition) is 2. The van der Waals surface area contributed by atoms with Gasteiger partial charge in [0.05, 0.1) is 17.1 Å². The van der Waals surface area contributed by atoms with Crippen LogP contribution in [0.3, 0.4) is 0 Å². The molecule has 1 aliphatic rings. The highest BCUT2D eigenvalue weighted by molar-refractivity contribution is 8.15. The Morgan fingerprint density at radius 3 is 2.83 bits per heavy atom. The Morgan fingerprint density at radius 1 is 1.17 bits per heavy atom. The fourth-order valence-corrected chi connectivity index (χ4v) is 4.23. The predicted octanol–water partition coefficient (Wildman–Crippen LogP) is 4.43. The second-order valence-electron chi connectivity index (χ2n) is 6.78. The number of aryl methyl sites for hydroxylation is 1. The SMILES string of the molecule is CCc1ccccc1-n1nc(-c2c[nH]c3ccccc23)cc1/N=C1/NC(=O)CS1. The molecule has 0 saturated carbocycles. The van der Waals surface area contributed by atoms with Crippen molar-refractivity contribution in [1.29, 1.82) is 0 Å². The van der Waals surface area contributed by atoms with Crippen LogP contribution in [0.2, 0.25) is 0 Å². The Labute approximate surface area is 172 Å². The molecule has 29 heavy (non-hydrogen) atoms. The summed E-state index contributed by atoms with van der Waals surface area (Å²) in [6, 6.07) is 18.3. The number of aliphatic imine (C=N–C) groups is 1. The molecular formula is C22H19N5OS. The lowest BCUT2D eigenvalue weighted by atomic mass is 10.1. The van der Waals surface area contributed by atoms with Crippen LogP contribution in [0.15, 0.2) is 65.8 Å². The van der Waals surface area contributed by atoms with Crippen molar-refractivity contribution in [3.05, 3.63) is 66.4 Å². The van der Waals surface area contributed by atoms with Crippen molar-refractivity contribution in [3.8, 4) is 16.9 Å². The molecule has 1 aliphatic heterocycles. The van der Waals surface area contributed by atoms with Gasteiger partial charge >= 0.3 is 0 Å².